The van der Waals surface area contributed by atoms with E-state index in [4.69, 9.17) is 21.7 Å². The predicted molar refractivity (Wildman–Crippen MR) is 162 cm³/mol. The number of hydrogen-bond acceptors (Lipinski definition) is 4. The zero-order valence-corrected chi connectivity index (χ0v) is 25.3. The van der Waals surface area contributed by atoms with Crippen molar-refractivity contribution in [1.29, 1.82) is 0 Å². The standard InChI is InChI=1S/C33H42ClN3O4/c1-5-6-10-27(22-11-13-23(14-12-22)30(40)35-20-17-28(38)39)37-31(41)29(24-8-7-9-26(34)21-24)36-33(37)18-15-25(16-19-33)32(2,3)4/h7-9,11-14,21,25,27H,5-6,10,15-20H2,1-4H3,(H,35,40)(H,38,39)/t25?,27-,33?/m1/s1. The fraction of sp³-hybridized carbons (Fsp3) is 0.515. The number of amides is 2. The van der Waals surface area contributed by atoms with Gasteiger partial charge in [-0.3, -0.25) is 19.4 Å². The lowest BCUT2D eigenvalue weighted by Crippen LogP contribution is -2.51. The number of nitrogens with zero attached hydrogens (tertiary/aromatic N) is 2. The Morgan fingerprint density at radius 3 is 2.41 bits per heavy atom. The Bertz CT molecular complexity index is 1290. The number of carbonyl (C=O) groups is 3. The van der Waals surface area contributed by atoms with Crippen LogP contribution in [-0.4, -0.2) is 45.7 Å². The van der Waals surface area contributed by atoms with Crippen LogP contribution >= 0.6 is 11.6 Å². The van der Waals surface area contributed by atoms with Crippen molar-refractivity contribution in [3.8, 4) is 0 Å². The van der Waals surface area contributed by atoms with Crippen LogP contribution in [0.15, 0.2) is 53.5 Å². The van der Waals surface area contributed by atoms with Crippen LogP contribution in [0, 0.1) is 11.3 Å². The van der Waals surface area contributed by atoms with E-state index in [-0.39, 0.29) is 36.2 Å². The van der Waals surface area contributed by atoms with Gasteiger partial charge in [0.2, 0.25) is 0 Å². The van der Waals surface area contributed by atoms with Crippen molar-refractivity contribution in [1.82, 2.24) is 10.2 Å². The molecule has 1 heterocycles. The number of carbonyl (C=O) groups excluding carboxylic acids is 2. The number of nitrogens with one attached hydrogen (secondary N) is 1. The molecule has 2 aromatic carbocycles. The molecule has 1 atom stereocenters. The van der Waals surface area contributed by atoms with E-state index in [2.05, 4.69) is 33.0 Å². The van der Waals surface area contributed by atoms with Crippen molar-refractivity contribution in [2.45, 2.75) is 90.8 Å². The van der Waals surface area contributed by atoms with Crippen LogP contribution in [0.5, 0.6) is 0 Å². The number of rotatable bonds is 10. The number of carboxylic acids is 1. The summed E-state index contributed by atoms with van der Waals surface area (Å²) in [5.74, 6) is -0.787. The second-order valence-corrected chi connectivity index (χ2v) is 12.9. The summed E-state index contributed by atoms with van der Waals surface area (Å²) in [4.78, 5) is 45.0. The van der Waals surface area contributed by atoms with Crippen molar-refractivity contribution in [2.75, 3.05) is 6.54 Å². The van der Waals surface area contributed by atoms with E-state index in [9.17, 15) is 14.4 Å². The molecule has 2 N–H and O–H groups in total. The van der Waals surface area contributed by atoms with Crippen LogP contribution in [0.25, 0.3) is 0 Å². The van der Waals surface area contributed by atoms with Gasteiger partial charge in [0.1, 0.15) is 11.4 Å². The monoisotopic (exact) mass is 579 g/mol. The Morgan fingerprint density at radius 2 is 1.83 bits per heavy atom. The molecule has 2 aromatic rings. The lowest BCUT2D eigenvalue weighted by atomic mass is 9.69. The summed E-state index contributed by atoms with van der Waals surface area (Å²) in [5, 5.41) is 12.1. The van der Waals surface area contributed by atoms with Crippen LogP contribution in [0.1, 0.15) is 107 Å². The van der Waals surface area contributed by atoms with Crippen molar-refractivity contribution < 1.29 is 19.5 Å². The summed E-state index contributed by atoms with van der Waals surface area (Å²) < 4.78 is 0. The highest BCUT2D eigenvalue weighted by Crippen LogP contribution is 2.50. The topological polar surface area (TPSA) is 99.1 Å². The maximum Gasteiger partial charge on any atom is 0.305 e. The Balaban J connectivity index is 1.69. The van der Waals surface area contributed by atoms with E-state index >= 15 is 0 Å². The molecule has 7 nitrogen and oxygen atoms in total. The smallest absolute Gasteiger partial charge is 0.305 e. The average Bonchev–Trinajstić information content (AvgIpc) is 3.20. The van der Waals surface area contributed by atoms with Gasteiger partial charge in [-0.15, -0.1) is 0 Å². The maximum atomic E-state index is 14.3. The van der Waals surface area contributed by atoms with Crippen LogP contribution in [-0.2, 0) is 9.59 Å². The summed E-state index contributed by atoms with van der Waals surface area (Å²) >= 11 is 6.33. The molecule has 41 heavy (non-hydrogen) atoms. The van der Waals surface area contributed by atoms with Gasteiger partial charge in [0, 0.05) is 22.7 Å². The molecule has 220 valence electrons. The first-order valence-electron chi connectivity index (χ1n) is 14.7. The first-order chi connectivity index (χ1) is 19.4. The molecule has 1 aliphatic carbocycles. The summed E-state index contributed by atoms with van der Waals surface area (Å²) in [6.07, 6.45) is 6.19. The van der Waals surface area contributed by atoms with Gasteiger partial charge in [-0.1, -0.05) is 76.4 Å². The molecule has 0 radical (unpaired) electrons. The first kappa shape index (κ1) is 30.8. The van der Waals surface area contributed by atoms with Gasteiger partial charge in [0.15, 0.2) is 0 Å². The lowest BCUT2D eigenvalue weighted by molar-refractivity contribution is -0.137. The Morgan fingerprint density at radius 1 is 1.15 bits per heavy atom. The van der Waals surface area contributed by atoms with Gasteiger partial charge in [-0.25, -0.2) is 0 Å². The van der Waals surface area contributed by atoms with Crippen molar-refractivity contribution in [2.24, 2.45) is 16.3 Å². The normalized spacial score (nSPS) is 21.6. The fourth-order valence-electron chi connectivity index (χ4n) is 6.25. The largest absolute Gasteiger partial charge is 0.481 e. The fourth-order valence-corrected chi connectivity index (χ4v) is 6.44. The van der Waals surface area contributed by atoms with Crippen molar-refractivity contribution in [3.05, 3.63) is 70.2 Å². The van der Waals surface area contributed by atoms with Gasteiger partial charge in [0.05, 0.1) is 12.5 Å². The molecule has 1 spiro atoms. The molecule has 0 unspecified atom stereocenters. The van der Waals surface area contributed by atoms with E-state index in [1.807, 2.05) is 35.2 Å². The SMILES string of the molecule is CCCC[C@H](c1ccc(C(=O)NCCC(=O)O)cc1)N1C(=O)C(c2cccc(Cl)c2)=NC12CCC(C(C)(C)C)CC2. The number of aliphatic carboxylic acids is 1. The average molecular weight is 580 g/mol. The summed E-state index contributed by atoms with van der Waals surface area (Å²) in [5.41, 5.74) is 2.20. The quantitative estimate of drug-likeness (QED) is 0.315. The Kier molecular flexibility index (Phi) is 9.58. The highest BCUT2D eigenvalue weighted by atomic mass is 35.5. The van der Waals surface area contributed by atoms with Crippen LogP contribution < -0.4 is 5.32 Å². The number of benzene rings is 2. The molecule has 1 saturated carbocycles. The van der Waals surface area contributed by atoms with Gasteiger partial charge < -0.3 is 15.3 Å². The van der Waals surface area contributed by atoms with E-state index in [0.29, 0.717) is 22.2 Å². The van der Waals surface area contributed by atoms with E-state index in [0.717, 1.165) is 56.1 Å². The van der Waals surface area contributed by atoms with Crippen LogP contribution in [0.2, 0.25) is 5.02 Å². The number of aliphatic imine (C=N–C) groups is 1. The minimum Gasteiger partial charge on any atom is -0.481 e. The zero-order valence-electron chi connectivity index (χ0n) is 24.6. The number of halogens is 1. The third kappa shape index (κ3) is 7.00. The Labute approximate surface area is 248 Å². The molecular weight excluding hydrogens is 538 g/mol. The molecule has 1 fully saturated rings. The lowest BCUT2D eigenvalue weighted by Gasteiger charge is -2.47. The van der Waals surface area contributed by atoms with Gasteiger partial charge in [-0.2, -0.15) is 0 Å². The molecule has 0 aromatic heterocycles. The van der Waals surface area contributed by atoms with Crippen molar-refractivity contribution in [3.63, 3.8) is 0 Å². The highest BCUT2D eigenvalue weighted by Gasteiger charge is 2.52. The summed E-state index contributed by atoms with van der Waals surface area (Å²) in [6.45, 7) is 9.08. The van der Waals surface area contributed by atoms with E-state index in [1.54, 1.807) is 18.2 Å². The minimum atomic E-state index is -0.959. The van der Waals surface area contributed by atoms with Gasteiger partial charge in [0.25, 0.3) is 11.8 Å². The molecular formula is C33H42ClN3O4. The van der Waals surface area contributed by atoms with Crippen molar-refractivity contribution >= 4 is 35.1 Å². The third-order valence-corrected chi connectivity index (χ3v) is 8.86. The molecule has 1 aliphatic heterocycles. The Hall–Kier alpha value is -3.19. The highest BCUT2D eigenvalue weighted by molar-refractivity contribution is 6.47. The van der Waals surface area contributed by atoms with Crippen LogP contribution in [0.3, 0.4) is 0 Å². The molecule has 4 rings (SSSR count). The van der Waals surface area contributed by atoms with E-state index < -0.39 is 11.6 Å². The molecule has 8 heteroatoms. The maximum absolute atomic E-state index is 14.3. The molecule has 0 saturated heterocycles. The van der Waals surface area contributed by atoms with Gasteiger partial charge in [-0.05, 0) is 73.3 Å². The summed E-state index contributed by atoms with van der Waals surface area (Å²) in [6, 6.07) is 14.5. The molecule has 0 bridgehead atoms. The number of hydrogen-bond donors (Lipinski definition) is 2. The second kappa shape index (κ2) is 12.8. The molecule has 2 aliphatic rings. The zero-order chi connectivity index (χ0) is 29.8. The number of carboxylic acid groups (broad SMARTS) is 1. The van der Waals surface area contributed by atoms with Crippen LogP contribution in [0.4, 0.5) is 0 Å². The minimum absolute atomic E-state index is 0.0685. The molecule has 2 amide bonds. The first-order valence-corrected chi connectivity index (χ1v) is 15.1. The number of unbranched alkanes of at least 4 members (excludes halogenated alkanes) is 1. The summed E-state index contributed by atoms with van der Waals surface area (Å²) in [7, 11) is 0. The third-order valence-electron chi connectivity index (χ3n) is 8.62. The predicted octanol–water partition coefficient (Wildman–Crippen LogP) is 7.04. The van der Waals surface area contributed by atoms with Gasteiger partial charge >= 0.3 is 5.97 Å². The second-order valence-electron chi connectivity index (χ2n) is 12.4. The van der Waals surface area contributed by atoms with E-state index in [1.165, 1.54) is 0 Å².